The molecule has 0 bridgehead atoms. The predicted molar refractivity (Wildman–Crippen MR) is 31.2 cm³/mol. The van der Waals surface area contributed by atoms with Gasteiger partial charge in [0.25, 0.3) is 0 Å². The van der Waals surface area contributed by atoms with E-state index in [0.29, 0.717) is 5.82 Å². The number of rotatable bonds is 2. The number of H-pyrrole nitrogens is 1. The molecule has 0 aromatic carbocycles. The van der Waals surface area contributed by atoms with Crippen molar-refractivity contribution >= 4 is 5.97 Å². The number of carboxylic acid groups (broad SMARTS) is 1. The SMILES string of the molecule is NCc1nnc(C(=O)O)[nH]1. The van der Waals surface area contributed by atoms with E-state index in [9.17, 15) is 4.79 Å². The van der Waals surface area contributed by atoms with Crippen LogP contribution < -0.4 is 5.73 Å². The molecule has 0 fully saturated rings. The van der Waals surface area contributed by atoms with Gasteiger partial charge in [-0.25, -0.2) is 4.79 Å². The Hall–Kier alpha value is -1.43. The van der Waals surface area contributed by atoms with Crippen LogP contribution in [0.2, 0.25) is 0 Å². The van der Waals surface area contributed by atoms with Crippen molar-refractivity contribution in [1.29, 1.82) is 0 Å². The van der Waals surface area contributed by atoms with Gasteiger partial charge in [-0.05, 0) is 0 Å². The summed E-state index contributed by atoms with van der Waals surface area (Å²) in [5.74, 6) is -0.940. The van der Waals surface area contributed by atoms with Gasteiger partial charge < -0.3 is 15.8 Å². The summed E-state index contributed by atoms with van der Waals surface area (Å²) in [6.45, 7) is 0.167. The largest absolute Gasteiger partial charge is 0.475 e. The molecule has 0 spiro atoms. The quantitative estimate of drug-likeness (QED) is 0.489. The Morgan fingerprint density at radius 2 is 2.40 bits per heavy atom. The number of aromatic carboxylic acids is 1. The number of nitrogens with zero attached hydrogens (tertiary/aromatic N) is 2. The van der Waals surface area contributed by atoms with Gasteiger partial charge in [-0.1, -0.05) is 0 Å². The first kappa shape index (κ1) is 6.69. The third-order valence-electron chi connectivity index (χ3n) is 0.929. The van der Waals surface area contributed by atoms with Crippen molar-refractivity contribution < 1.29 is 9.90 Å². The molecule has 0 aliphatic rings. The first-order chi connectivity index (χ1) is 4.74. The Kier molecular flexibility index (Phi) is 1.63. The minimum absolute atomic E-state index is 0.167. The molecule has 54 valence electrons. The lowest BCUT2D eigenvalue weighted by atomic mass is 10.6. The van der Waals surface area contributed by atoms with E-state index in [1.165, 1.54) is 0 Å². The molecule has 0 aliphatic carbocycles. The molecule has 10 heavy (non-hydrogen) atoms. The topological polar surface area (TPSA) is 105 Å². The van der Waals surface area contributed by atoms with Crippen LogP contribution >= 0.6 is 0 Å². The summed E-state index contributed by atoms with van der Waals surface area (Å²) in [5, 5.41) is 15.1. The normalized spacial score (nSPS) is 9.70. The smallest absolute Gasteiger partial charge is 0.373 e. The average Bonchev–Trinajstić information content (AvgIpc) is 2.34. The van der Waals surface area contributed by atoms with Gasteiger partial charge in [0.05, 0.1) is 6.54 Å². The molecule has 0 amide bonds. The molecule has 0 unspecified atom stereocenters. The highest BCUT2D eigenvalue weighted by Crippen LogP contribution is 1.89. The van der Waals surface area contributed by atoms with Crippen molar-refractivity contribution in [2.75, 3.05) is 0 Å². The molecule has 1 rings (SSSR count). The van der Waals surface area contributed by atoms with E-state index in [1.54, 1.807) is 0 Å². The minimum Gasteiger partial charge on any atom is -0.475 e. The number of nitrogens with two attached hydrogens (primary N) is 1. The number of hydrogen-bond acceptors (Lipinski definition) is 4. The van der Waals surface area contributed by atoms with Gasteiger partial charge in [0, 0.05) is 0 Å². The maximum atomic E-state index is 10.2. The summed E-state index contributed by atoms with van der Waals surface area (Å²) >= 11 is 0. The molecule has 0 radical (unpaired) electrons. The van der Waals surface area contributed by atoms with Crippen molar-refractivity contribution in [3.05, 3.63) is 11.6 Å². The molecular formula is C4H6N4O2. The van der Waals surface area contributed by atoms with Gasteiger partial charge >= 0.3 is 5.97 Å². The van der Waals surface area contributed by atoms with Crippen LogP contribution in [-0.4, -0.2) is 26.3 Å². The van der Waals surface area contributed by atoms with Crippen LogP contribution in [0.4, 0.5) is 0 Å². The lowest BCUT2D eigenvalue weighted by molar-refractivity contribution is 0.0684. The fraction of sp³-hybridized carbons (Fsp3) is 0.250. The van der Waals surface area contributed by atoms with Gasteiger partial charge in [-0.15, -0.1) is 10.2 Å². The zero-order valence-electron chi connectivity index (χ0n) is 5.03. The fourth-order valence-corrected chi connectivity index (χ4v) is 0.485. The monoisotopic (exact) mass is 142 g/mol. The Balaban J connectivity index is 2.88. The number of carboxylic acids is 1. The van der Waals surface area contributed by atoms with Crippen LogP contribution in [0.15, 0.2) is 0 Å². The summed E-state index contributed by atoms with van der Waals surface area (Å²) in [4.78, 5) is 12.6. The first-order valence-corrected chi connectivity index (χ1v) is 2.59. The second-order valence-electron chi connectivity index (χ2n) is 1.63. The highest BCUT2D eigenvalue weighted by atomic mass is 16.4. The molecule has 1 aromatic rings. The standard InChI is InChI=1S/C4H6N4O2/c5-1-2-6-3(4(9)10)8-7-2/h1,5H2,(H,9,10)(H,6,7,8). The minimum atomic E-state index is -1.13. The highest BCUT2D eigenvalue weighted by molar-refractivity contribution is 5.82. The van der Waals surface area contributed by atoms with E-state index in [1.807, 2.05) is 0 Å². The van der Waals surface area contributed by atoms with E-state index >= 15 is 0 Å². The summed E-state index contributed by atoms with van der Waals surface area (Å²) in [6, 6.07) is 0. The van der Waals surface area contributed by atoms with E-state index in [0.717, 1.165) is 0 Å². The molecule has 1 heterocycles. The van der Waals surface area contributed by atoms with Gasteiger partial charge in [0.1, 0.15) is 5.82 Å². The molecule has 6 nitrogen and oxygen atoms in total. The lowest BCUT2D eigenvalue weighted by Crippen LogP contribution is -2.01. The average molecular weight is 142 g/mol. The summed E-state index contributed by atoms with van der Waals surface area (Å²) < 4.78 is 0. The molecule has 0 saturated heterocycles. The number of nitrogens with one attached hydrogen (secondary N) is 1. The van der Waals surface area contributed by atoms with Gasteiger partial charge in [0.15, 0.2) is 0 Å². The Labute approximate surface area is 56.1 Å². The zero-order valence-corrected chi connectivity index (χ0v) is 5.03. The van der Waals surface area contributed by atoms with Gasteiger partial charge in [-0.3, -0.25) is 0 Å². The van der Waals surface area contributed by atoms with E-state index in [2.05, 4.69) is 15.2 Å². The van der Waals surface area contributed by atoms with Crippen molar-refractivity contribution in [2.24, 2.45) is 5.73 Å². The third kappa shape index (κ3) is 1.11. The zero-order chi connectivity index (χ0) is 7.56. The van der Waals surface area contributed by atoms with Crippen LogP contribution in [0.5, 0.6) is 0 Å². The molecule has 0 aliphatic heterocycles. The Morgan fingerprint density at radius 1 is 1.70 bits per heavy atom. The summed E-state index contributed by atoms with van der Waals surface area (Å²) in [7, 11) is 0. The lowest BCUT2D eigenvalue weighted by Gasteiger charge is -1.82. The Bertz CT molecular complexity index is 243. The van der Waals surface area contributed by atoms with Crippen molar-refractivity contribution in [3.8, 4) is 0 Å². The van der Waals surface area contributed by atoms with Crippen LogP contribution in [0.3, 0.4) is 0 Å². The predicted octanol–water partition coefficient (Wildman–Crippen LogP) is -1.04. The third-order valence-corrected chi connectivity index (χ3v) is 0.929. The molecule has 4 N–H and O–H groups in total. The van der Waals surface area contributed by atoms with E-state index < -0.39 is 5.97 Å². The number of aromatic amines is 1. The van der Waals surface area contributed by atoms with Crippen LogP contribution in [0.1, 0.15) is 16.4 Å². The number of hydrogen-bond donors (Lipinski definition) is 3. The summed E-state index contributed by atoms with van der Waals surface area (Å²) in [5.41, 5.74) is 5.14. The summed E-state index contributed by atoms with van der Waals surface area (Å²) in [6.07, 6.45) is 0. The molecule has 1 aromatic heterocycles. The number of aromatic nitrogens is 3. The second-order valence-corrected chi connectivity index (χ2v) is 1.63. The van der Waals surface area contributed by atoms with Gasteiger partial charge in [-0.2, -0.15) is 0 Å². The van der Waals surface area contributed by atoms with Crippen molar-refractivity contribution in [3.63, 3.8) is 0 Å². The maximum Gasteiger partial charge on any atom is 0.373 e. The fourth-order valence-electron chi connectivity index (χ4n) is 0.485. The molecular weight excluding hydrogens is 136 g/mol. The Morgan fingerprint density at radius 3 is 2.70 bits per heavy atom. The van der Waals surface area contributed by atoms with E-state index in [-0.39, 0.29) is 12.4 Å². The van der Waals surface area contributed by atoms with Gasteiger partial charge in [0.2, 0.25) is 5.82 Å². The highest BCUT2D eigenvalue weighted by Gasteiger charge is 2.07. The second kappa shape index (κ2) is 2.44. The van der Waals surface area contributed by atoms with Crippen LogP contribution in [0.25, 0.3) is 0 Å². The van der Waals surface area contributed by atoms with Crippen LogP contribution in [-0.2, 0) is 6.54 Å². The van der Waals surface area contributed by atoms with Crippen LogP contribution in [0, 0.1) is 0 Å². The number of carbonyl (C=O) groups is 1. The molecule has 0 saturated carbocycles. The van der Waals surface area contributed by atoms with Crippen molar-refractivity contribution in [1.82, 2.24) is 15.2 Å². The van der Waals surface area contributed by atoms with E-state index in [4.69, 9.17) is 10.8 Å². The molecule has 6 heteroatoms. The maximum absolute atomic E-state index is 10.2. The first-order valence-electron chi connectivity index (χ1n) is 2.59. The van der Waals surface area contributed by atoms with Crippen molar-refractivity contribution in [2.45, 2.75) is 6.54 Å². The molecule has 0 atom stereocenters.